The molecule has 1 N–H and O–H groups in total. The van der Waals surface area contributed by atoms with Crippen LogP contribution in [0.1, 0.15) is 142 Å². The van der Waals surface area contributed by atoms with Crippen molar-refractivity contribution in [1.29, 1.82) is 0 Å². The standard InChI is InChI=1S/C44H76NO8P/c1-6-8-10-12-14-16-18-20-22-24-26-28-30-32-34-36-43(46)50-40-42(41-52-54(48,49)51-39-38-45(3,4)5)53-44(47)37-35-33-31-29-27-25-23-21-19-17-15-13-11-9-7-2/h12-23,42H,6-11,24-41H2,1-5H3/p+1/b14-12+,15-13+,18-16+,19-17+,22-20-,23-21-/t42-/m1/s1. The van der Waals surface area contributed by atoms with Gasteiger partial charge < -0.3 is 18.9 Å². The van der Waals surface area contributed by atoms with Crippen LogP contribution in [0.15, 0.2) is 72.9 Å². The Morgan fingerprint density at radius 2 is 1.00 bits per heavy atom. The minimum absolute atomic E-state index is 0.0198. The second-order valence-corrected chi connectivity index (χ2v) is 16.2. The predicted octanol–water partition coefficient (Wildman–Crippen LogP) is 11.5. The number of hydrogen-bond acceptors (Lipinski definition) is 7. The van der Waals surface area contributed by atoms with E-state index in [1.54, 1.807) is 0 Å². The molecule has 0 fully saturated rings. The first-order chi connectivity index (χ1) is 26.0. The maximum Gasteiger partial charge on any atom is 0.472 e. The smallest absolute Gasteiger partial charge is 0.462 e. The first-order valence-electron chi connectivity index (χ1n) is 20.7. The van der Waals surface area contributed by atoms with E-state index in [1.807, 2.05) is 21.1 Å². The molecule has 0 amide bonds. The fourth-order valence-corrected chi connectivity index (χ4v) is 5.73. The van der Waals surface area contributed by atoms with Crippen molar-refractivity contribution in [3.05, 3.63) is 72.9 Å². The van der Waals surface area contributed by atoms with Gasteiger partial charge in [-0.3, -0.25) is 18.6 Å². The molecule has 10 heteroatoms. The number of phosphoric ester groups is 1. The molecule has 0 saturated heterocycles. The van der Waals surface area contributed by atoms with Gasteiger partial charge in [-0.15, -0.1) is 0 Å². The minimum Gasteiger partial charge on any atom is -0.462 e. The van der Waals surface area contributed by atoms with Gasteiger partial charge in [0.05, 0.1) is 27.7 Å². The van der Waals surface area contributed by atoms with Gasteiger partial charge in [0.15, 0.2) is 6.10 Å². The van der Waals surface area contributed by atoms with Crippen molar-refractivity contribution < 1.29 is 42.1 Å². The van der Waals surface area contributed by atoms with Gasteiger partial charge in [0.2, 0.25) is 0 Å². The second kappa shape index (κ2) is 36.1. The van der Waals surface area contributed by atoms with E-state index in [2.05, 4.69) is 86.8 Å². The van der Waals surface area contributed by atoms with Gasteiger partial charge in [0, 0.05) is 12.8 Å². The molecule has 0 bridgehead atoms. The van der Waals surface area contributed by atoms with Crippen LogP contribution in [-0.2, 0) is 32.7 Å². The summed E-state index contributed by atoms with van der Waals surface area (Å²) in [6.07, 6.45) is 43.7. The largest absolute Gasteiger partial charge is 0.472 e. The molecule has 0 heterocycles. The average molecular weight is 779 g/mol. The Bertz CT molecular complexity index is 1150. The number of nitrogens with zero attached hydrogens (tertiary/aromatic N) is 1. The Hall–Kier alpha value is -2.55. The Labute approximate surface area is 329 Å². The molecule has 2 atom stereocenters. The van der Waals surface area contributed by atoms with E-state index in [0.29, 0.717) is 23.9 Å². The van der Waals surface area contributed by atoms with Gasteiger partial charge in [-0.2, -0.15) is 0 Å². The molecule has 0 saturated carbocycles. The zero-order valence-corrected chi connectivity index (χ0v) is 35.6. The number of likely N-dealkylation sites (N-methyl/N-ethyl adjacent to an activating group) is 1. The van der Waals surface area contributed by atoms with Gasteiger partial charge in [0.25, 0.3) is 0 Å². The van der Waals surface area contributed by atoms with Crippen LogP contribution in [0, 0.1) is 0 Å². The van der Waals surface area contributed by atoms with Crippen molar-refractivity contribution in [2.24, 2.45) is 0 Å². The monoisotopic (exact) mass is 779 g/mol. The maximum absolute atomic E-state index is 12.7. The molecule has 9 nitrogen and oxygen atoms in total. The van der Waals surface area contributed by atoms with Crippen LogP contribution in [0.5, 0.6) is 0 Å². The SMILES string of the molecule is CCCC/C=C/C=C/C=C\CCCCCCCC(=O)OC[C@H](COP(=O)(O)OCC[N+](C)(C)C)OC(=O)CCCCCCC\C=C/C=C/C=C/CCCC. The molecule has 0 spiro atoms. The molecular weight excluding hydrogens is 701 g/mol. The fourth-order valence-electron chi connectivity index (χ4n) is 4.99. The minimum atomic E-state index is -4.39. The molecule has 0 rings (SSSR count). The summed E-state index contributed by atoms with van der Waals surface area (Å²) in [5.41, 5.74) is 0. The number of allylic oxidation sites excluding steroid dienone is 12. The van der Waals surface area contributed by atoms with Gasteiger partial charge in [-0.25, -0.2) is 4.57 Å². The second-order valence-electron chi connectivity index (χ2n) is 14.8. The quantitative estimate of drug-likeness (QED) is 0.0220. The number of ether oxygens (including phenoxy) is 2. The van der Waals surface area contributed by atoms with E-state index in [1.165, 1.54) is 25.7 Å². The fraction of sp³-hybridized carbons (Fsp3) is 0.682. The number of phosphoric acid groups is 1. The summed E-state index contributed by atoms with van der Waals surface area (Å²) < 4.78 is 34.2. The molecule has 0 aliphatic heterocycles. The first-order valence-corrected chi connectivity index (χ1v) is 22.2. The van der Waals surface area contributed by atoms with Gasteiger partial charge in [-0.1, -0.05) is 151 Å². The third-order valence-electron chi connectivity index (χ3n) is 8.33. The zero-order valence-electron chi connectivity index (χ0n) is 34.7. The molecule has 0 aliphatic carbocycles. The zero-order chi connectivity index (χ0) is 40.0. The molecule has 0 radical (unpaired) electrons. The summed E-state index contributed by atoms with van der Waals surface area (Å²) >= 11 is 0. The lowest BCUT2D eigenvalue weighted by Crippen LogP contribution is -2.37. The van der Waals surface area contributed by atoms with E-state index in [4.69, 9.17) is 18.5 Å². The van der Waals surface area contributed by atoms with E-state index in [0.717, 1.165) is 77.0 Å². The molecule has 0 aromatic heterocycles. The highest BCUT2D eigenvalue weighted by Gasteiger charge is 2.27. The molecule has 0 aliphatic rings. The van der Waals surface area contributed by atoms with Crippen LogP contribution >= 0.6 is 7.82 Å². The number of carbonyl (C=O) groups is 2. The topological polar surface area (TPSA) is 108 Å². The van der Waals surface area contributed by atoms with Crippen LogP contribution < -0.4 is 0 Å². The Kier molecular flexibility index (Phi) is 34.4. The molecule has 310 valence electrons. The third-order valence-corrected chi connectivity index (χ3v) is 9.32. The average Bonchev–Trinajstić information content (AvgIpc) is 3.12. The van der Waals surface area contributed by atoms with E-state index in [-0.39, 0.29) is 26.1 Å². The van der Waals surface area contributed by atoms with Gasteiger partial charge in [0.1, 0.15) is 19.8 Å². The number of quaternary nitrogens is 1. The predicted molar refractivity (Wildman–Crippen MR) is 224 cm³/mol. The molecular formula is C44H77NO8P+. The number of carbonyl (C=O) groups excluding carboxylic acids is 2. The van der Waals surface area contributed by atoms with Gasteiger partial charge >= 0.3 is 19.8 Å². The van der Waals surface area contributed by atoms with Crippen LogP contribution in [-0.4, -0.2) is 74.9 Å². The number of hydrogen-bond donors (Lipinski definition) is 1. The molecule has 0 aromatic rings. The highest BCUT2D eigenvalue weighted by atomic mass is 31.2. The number of esters is 2. The normalized spacial score (nSPS) is 14.4. The first kappa shape index (κ1) is 51.5. The third kappa shape index (κ3) is 39.2. The summed E-state index contributed by atoms with van der Waals surface area (Å²) in [5, 5.41) is 0. The van der Waals surface area contributed by atoms with E-state index in [9.17, 15) is 19.0 Å². The summed E-state index contributed by atoms with van der Waals surface area (Å²) in [6, 6.07) is 0. The van der Waals surface area contributed by atoms with Crippen molar-refractivity contribution in [2.75, 3.05) is 47.5 Å². The van der Waals surface area contributed by atoms with Crippen molar-refractivity contribution in [3.8, 4) is 0 Å². The van der Waals surface area contributed by atoms with Crippen molar-refractivity contribution >= 4 is 19.8 Å². The Morgan fingerprint density at radius 3 is 1.46 bits per heavy atom. The highest BCUT2D eigenvalue weighted by Crippen LogP contribution is 2.43. The summed E-state index contributed by atoms with van der Waals surface area (Å²) in [4.78, 5) is 35.3. The van der Waals surface area contributed by atoms with Gasteiger partial charge in [-0.05, 0) is 51.4 Å². The summed E-state index contributed by atoms with van der Waals surface area (Å²) in [5.74, 6) is -0.854. The van der Waals surface area contributed by atoms with Crippen molar-refractivity contribution in [3.63, 3.8) is 0 Å². The number of unbranched alkanes of at least 4 members (excludes halogenated alkanes) is 14. The molecule has 1 unspecified atom stereocenters. The van der Waals surface area contributed by atoms with Crippen LogP contribution in [0.25, 0.3) is 0 Å². The number of rotatable bonds is 36. The molecule has 54 heavy (non-hydrogen) atoms. The Morgan fingerprint density at radius 1 is 0.574 bits per heavy atom. The van der Waals surface area contributed by atoms with E-state index >= 15 is 0 Å². The summed E-state index contributed by atoms with van der Waals surface area (Å²) in [7, 11) is 1.43. The van der Waals surface area contributed by atoms with E-state index < -0.39 is 32.5 Å². The van der Waals surface area contributed by atoms with Crippen LogP contribution in [0.3, 0.4) is 0 Å². The van der Waals surface area contributed by atoms with Crippen molar-refractivity contribution in [2.45, 2.75) is 148 Å². The lowest BCUT2D eigenvalue weighted by Gasteiger charge is -2.24. The maximum atomic E-state index is 12.7. The van der Waals surface area contributed by atoms with Crippen LogP contribution in [0.4, 0.5) is 0 Å². The van der Waals surface area contributed by atoms with Crippen molar-refractivity contribution in [1.82, 2.24) is 0 Å². The Balaban J connectivity index is 4.50. The van der Waals surface area contributed by atoms with Crippen LogP contribution in [0.2, 0.25) is 0 Å². The lowest BCUT2D eigenvalue weighted by molar-refractivity contribution is -0.870. The lowest BCUT2D eigenvalue weighted by atomic mass is 10.1. The molecule has 0 aromatic carbocycles. The summed E-state index contributed by atoms with van der Waals surface area (Å²) in [6.45, 7) is 4.24. The highest BCUT2D eigenvalue weighted by molar-refractivity contribution is 7.47.